The first-order chi connectivity index (χ1) is 13.6. The molecule has 1 saturated heterocycles. The van der Waals surface area contributed by atoms with Gasteiger partial charge < -0.3 is 5.21 Å². The first kappa shape index (κ1) is 21.8. The number of benzene rings is 2. The minimum absolute atomic E-state index is 0.151. The Kier molecular flexibility index (Phi) is 6.33. The van der Waals surface area contributed by atoms with E-state index in [2.05, 4.69) is 4.72 Å². The molecule has 0 radical (unpaired) electrons. The van der Waals surface area contributed by atoms with Gasteiger partial charge in [0.2, 0.25) is 10.0 Å². The highest BCUT2D eigenvalue weighted by Crippen LogP contribution is 2.42. The van der Waals surface area contributed by atoms with Crippen molar-refractivity contribution in [1.82, 2.24) is 9.62 Å². The van der Waals surface area contributed by atoms with Crippen LogP contribution in [0.5, 0.6) is 0 Å². The normalized spacial score (nSPS) is 19.6. The highest BCUT2D eigenvalue weighted by atomic mass is 32.2. The summed E-state index contributed by atoms with van der Waals surface area (Å²) in [6.45, 7) is 4.55. The summed E-state index contributed by atoms with van der Waals surface area (Å²) in [5.74, 6) is 0. The van der Waals surface area contributed by atoms with Crippen molar-refractivity contribution in [3.63, 3.8) is 0 Å². The van der Waals surface area contributed by atoms with Crippen molar-refractivity contribution in [2.24, 2.45) is 0 Å². The van der Waals surface area contributed by atoms with Gasteiger partial charge in [0.05, 0.1) is 11.4 Å². The SMILES string of the molecule is CNS(=O)(=O)c1ccc(/C=[N+](/[O-])[C@@H]2N(Cc3ccccc3)C(=S)SC2(C)C)cc1. The number of hydrogen-bond acceptors (Lipinski definition) is 5. The van der Waals surface area contributed by atoms with Gasteiger partial charge in [-0.15, -0.1) is 0 Å². The fourth-order valence-electron chi connectivity index (χ4n) is 3.25. The Labute approximate surface area is 181 Å². The van der Waals surface area contributed by atoms with Gasteiger partial charge in [0.1, 0.15) is 9.07 Å². The molecule has 0 saturated carbocycles. The van der Waals surface area contributed by atoms with E-state index in [1.165, 1.54) is 37.2 Å². The van der Waals surface area contributed by atoms with Crippen molar-refractivity contribution in [3.8, 4) is 0 Å². The lowest BCUT2D eigenvalue weighted by molar-refractivity contribution is -0.524. The van der Waals surface area contributed by atoms with Crippen LogP contribution in [0.2, 0.25) is 0 Å². The topological polar surface area (TPSA) is 75.5 Å². The Morgan fingerprint density at radius 3 is 2.41 bits per heavy atom. The number of nitrogens with zero attached hydrogens (tertiary/aromatic N) is 2. The first-order valence-electron chi connectivity index (χ1n) is 9.01. The van der Waals surface area contributed by atoms with E-state index in [1.807, 2.05) is 49.1 Å². The van der Waals surface area contributed by atoms with Gasteiger partial charge in [-0.05, 0) is 50.7 Å². The molecule has 1 atom stereocenters. The van der Waals surface area contributed by atoms with E-state index in [0.29, 0.717) is 16.4 Å². The quantitative estimate of drug-likeness (QED) is 0.240. The molecule has 2 aromatic carbocycles. The van der Waals surface area contributed by atoms with E-state index in [-0.39, 0.29) is 4.90 Å². The summed E-state index contributed by atoms with van der Waals surface area (Å²) in [7, 11) is -2.15. The lowest BCUT2D eigenvalue weighted by Crippen LogP contribution is -2.47. The van der Waals surface area contributed by atoms with Crippen LogP contribution < -0.4 is 4.72 Å². The standard InChI is InChI=1S/C20H23N3O3S3/c1-20(2)18(22(19(27)28-20)13-15-7-5-4-6-8-15)23(24)14-16-9-11-17(12-10-16)29(25,26)21-3/h4-12,14,18,21H,13H2,1-3H3/b23-14+/t18-/m0/s1. The average molecular weight is 450 g/mol. The van der Waals surface area contributed by atoms with Crippen molar-refractivity contribution < 1.29 is 13.2 Å². The summed E-state index contributed by atoms with van der Waals surface area (Å²) in [6, 6.07) is 16.1. The highest BCUT2D eigenvalue weighted by Gasteiger charge is 2.50. The van der Waals surface area contributed by atoms with Gasteiger partial charge in [0, 0.05) is 5.56 Å². The molecule has 29 heavy (non-hydrogen) atoms. The number of rotatable bonds is 6. The zero-order chi connectivity index (χ0) is 21.2. The third-order valence-corrected chi connectivity index (χ3v) is 7.73. The van der Waals surface area contributed by atoms with Crippen LogP contribution in [0.25, 0.3) is 0 Å². The predicted molar refractivity (Wildman–Crippen MR) is 122 cm³/mol. The minimum atomic E-state index is -3.51. The van der Waals surface area contributed by atoms with Crippen molar-refractivity contribution in [3.05, 3.63) is 70.9 Å². The van der Waals surface area contributed by atoms with Gasteiger partial charge in [-0.2, -0.15) is 4.74 Å². The number of hydrogen-bond donors (Lipinski definition) is 1. The number of hydroxylamine groups is 1. The summed E-state index contributed by atoms with van der Waals surface area (Å²) in [5, 5.41) is 13.1. The van der Waals surface area contributed by atoms with Crippen LogP contribution in [0.1, 0.15) is 25.0 Å². The number of thioether (sulfide) groups is 1. The fourth-order valence-corrected chi connectivity index (χ4v) is 5.86. The highest BCUT2D eigenvalue weighted by molar-refractivity contribution is 8.24. The molecule has 1 aliphatic rings. The molecule has 0 amide bonds. The molecule has 0 aromatic heterocycles. The lowest BCUT2D eigenvalue weighted by atomic mass is 10.1. The summed E-state index contributed by atoms with van der Waals surface area (Å²) < 4.78 is 27.2. The fraction of sp³-hybridized carbons (Fsp3) is 0.300. The molecule has 1 fully saturated rings. The van der Waals surface area contributed by atoms with Gasteiger partial charge in [0.25, 0.3) is 6.17 Å². The molecule has 0 spiro atoms. The lowest BCUT2D eigenvalue weighted by Gasteiger charge is -2.29. The molecule has 6 nitrogen and oxygen atoms in total. The third kappa shape index (κ3) is 4.80. The molecular weight excluding hydrogens is 426 g/mol. The molecular formula is C20H23N3O3S3. The van der Waals surface area contributed by atoms with Crippen LogP contribution >= 0.6 is 24.0 Å². The Hall–Kier alpha value is -1.94. The second-order valence-electron chi connectivity index (χ2n) is 7.22. The maximum Gasteiger partial charge on any atom is 0.254 e. The van der Waals surface area contributed by atoms with Crippen LogP contribution in [-0.2, 0) is 16.6 Å². The summed E-state index contributed by atoms with van der Waals surface area (Å²) in [6.07, 6.45) is 0.996. The Bertz CT molecular complexity index is 1020. The van der Waals surface area contributed by atoms with Gasteiger partial charge in [-0.1, -0.05) is 54.3 Å². The van der Waals surface area contributed by atoms with Crippen molar-refractivity contribution in [2.75, 3.05) is 7.05 Å². The van der Waals surface area contributed by atoms with Gasteiger partial charge in [0.15, 0.2) is 6.21 Å². The molecule has 2 aromatic rings. The summed E-state index contributed by atoms with van der Waals surface area (Å²) in [5.41, 5.74) is 1.70. The molecule has 0 unspecified atom stereocenters. The van der Waals surface area contributed by atoms with Crippen LogP contribution in [0.4, 0.5) is 0 Å². The second-order valence-corrected chi connectivity index (χ2v) is 11.4. The van der Waals surface area contributed by atoms with Crippen molar-refractivity contribution in [1.29, 1.82) is 0 Å². The van der Waals surface area contributed by atoms with Crippen molar-refractivity contribution >= 4 is 44.5 Å². The Morgan fingerprint density at radius 1 is 1.21 bits per heavy atom. The Balaban J connectivity index is 1.89. The van der Waals surface area contributed by atoms with Crippen molar-refractivity contribution in [2.45, 2.75) is 36.2 Å². The molecule has 1 aliphatic heterocycles. The van der Waals surface area contributed by atoms with E-state index >= 15 is 0 Å². The molecule has 9 heteroatoms. The molecule has 0 bridgehead atoms. The molecule has 0 aliphatic carbocycles. The smallest absolute Gasteiger partial charge is 0.254 e. The summed E-state index contributed by atoms with van der Waals surface area (Å²) >= 11 is 7.07. The summed E-state index contributed by atoms with van der Waals surface area (Å²) in [4.78, 5) is 2.09. The predicted octanol–water partition coefficient (Wildman–Crippen LogP) is 3.16. The average Bonchev–Trinajstić information content (AvgIpc) is 2.91. The van der Waals surface area contributed by atoms with E-state index in [0.717, 1.165) is 10.3 Å². The van der Waals surface area contributed by atoms with Crippen LogP contribution in [0, 0.1) is 5.21 Å². The maximum absolute atomic E-state index is 13.1. The zero-order valence-electron chi connectivity index (χ0n) is 16.4. The third-order valence-electron chi connectivity index (χ3n) is 4.67. The van der Waals surface area contributed by atoms with Gasteiger partial charge in [-0.3, -0.25) is 4.90 Å². The van der Waals surface area contributed by atoms with Gasteiger partial charge >= 0.3 is 0 Å². The van der Waals surface area contributed by atoms with Crippen LogP contribution in [-0.4, -0.2) is 46.6 Å². The molecule has 1 N–H and O–H groups in total. The number of nitrogens with one attached hydrogen (secondary N) is 1. The maximum atomic E-state index is 13.1. The monoisotopic (exact) mass is 449 g/mol. The number of sulfonamides is 1. The number of thiocarbonyl (C=S) groups is 1. The van der Waals surface area contributed by atoms with E-state index < -0.39 is 20.9 Å². The molecule has 154 valence electrons. The van der Waals surface area contributed by atoms with Gasteiger partial charge in [-0.25, -0.2) is 13.1 Å². The second kappa shape index (κ2) is 8.43. The van der Waals surface area contributed by atoms with E-state index in [4.69, 9.17) is 12.2 Å². The van der Waals surface area contributed by atoms with E-state index in [9.17, 15) is 13.6 Å². The van der Waals surface area contributed by atoms with Crippen LogP contribution in [0.15, 0.2) is 59.5 Å². The first-order valence-corrected chi connectivity index (χ1v) is 11.7. The van der Waals surface area contributed by atoms with Crippen LogP contribution in [0.3, 0.4) is 0 Å². The Morgan fingerprint density at radius 2 is 1.83 bits per heavy atom. The largest absolute Gasteiger partial charge is 0.622 e. The minimum Gasteiger partial charge on any atom is -0.622 e. The zero-order valence-corrected chi connectivity index (χ0v) is 18.9. The molecule has 3 rings (SSSR count). The van der Waals surface area contributed by atoms with E-state index in [1.54, 1.807) is 12.1 Å². The molecule has 1 heterocycles.